The maximum Gasteiger partial charge on any atom is 0.307 e. The van der Waals surface area contributed by atoms with Crippen LogP contribution in [0.25, 0.3) is 0 Å². The SMILES string of the molecule is COCc1cccc(S(=O)(=O)N2CC(C)CC(C(=O)O)C2)c1. The van der Waals surface area contributed by atoms with Crippen LogP contribution < -0.4 is 0 Å². The summed E-state index contributed by atoms with van der Waals surface area (Å²) in [6.07, 6.45) is 0.505. The molecule has 1 saturated heterocycles. The summed E-state index contributed by atoms with van der Waals surface area (Å²) in [7, 11) is -2.14. The number of benzene rings is 1. The van der Waals surface area contributed by atoms with E-state index in [-0.39, 0.29) is 17.4 Å². The average Bonchev–Trinajstić information content (AvgIpc) is 2.47. The van der Waals surface area contributed by atoms with E-state index < -0.39 is 21.9 Å². The predicted molar refractivity (Wildman–Crippen MR) is 80.8 cm³/mol. The van der Waals surface area contributed by atoms with E-state index in [9.17, 15) is 18.3 Å². The summed E-state index contributed by atoms with van der Waals surface area (Å²) in [6, 6.07) is 6.57. The van der Waals surface area contributed by atoms with Gasteiger partial charge in [-0.1, -0.05) is 19.1 Å². The second kappa shape index (κ2) is 6.76. The minimum absolute atomic E-state index is 0.0202. The topological polar surface area (TPSA) is 83.9 Å². The summed E-state index contributed by atoms with van der Waals surface area (Å²) in [6.45, 7) is 2.58. The first kappa shape index (κ1) is 16.9. The van der Waals surface area contributed by atoms with Gasteiger partial charge in [0, 0.05) is 20.2 Å². The molecule has 0 aliphatic carbocycles. The van der Waals surface area contributed by atoms with Crippen LogP contribution in [0.15, 0.2) is 29.2 Å². The molecule has 2 atom stereocenters. The zero-order valence-electron chi connectivity index (χ0n) is 12.7. The summed E-state index contributed by atoms with van der Waals surface area (Å²) in [5.74, 6) is -1.58. The quantitative estimate of drug-likeness (QED) is 0.887. The third kappa shape index (κ3) is 3.66. The normalized spacial score (nSPS) is 23.4. The Hall–Kier alpha value is -1.44. The fraction of sp³-hybridized carbons (Fsp3) is 0.533. The number of ether oxygens (including phenoxy) is 1. The van der Waals surface area contributed by atoms with Gasteiger partial charge in [-0.15, -0.1) is 0 Å². The van der Waals surface area contributed by atoms with E-state index in [0.29, 0.717) is 19.6 Å². The largest absolute Gasteiger partial charge is 0.481 e. The van der Waals surface area contributed by atoms with Gasteiger partial charge in [-0.25, -0.2) is 8.42 Å². The van der Waals surface area contributed by atoms with Crippen LogP contribution in [0, 0.1) is 11.8 Å². The molecular weight excluding hydrogens is 306 g/mol. The third-order valence-corrected chi connectivity index (χ3v) is 5.65. The number of carboxylic acid groups (broad SMARTS) is 1. The van der Waals surface area contributed by atoms with E-state index in [0.717, 1.165) is 5.56 Å². The van der Waals surface area contributed by atoms with Crippen LogP contribution in [0.1, 0.15) is 18.9 Å². The van der Waals surface area contributed by atoms with Crippen molar-refractivity contribution in [3.05, 3.63) is 29.8 Å². The van der Waals surface area contributed by atoms with E-state index in [4.69, 9.17) is 4.74 Å². The Morgan fingerprint density at radius 2 is 2.14 bits per heavy atom. The summed E-state index contributed by atoms with van der Waals surface area (Å²) in [5, 5.41) is 9.19. The third-order valence-electron chi connectivity index (χ3n) is 3.82. The Morgan fingerprint density at radius 1 is 1.41 bits per heavy atom. The zero-order chi connectivity index (χ0) is 16.3. The zero-order valence-corrected chi connectivity index (χ0v) is 13.5. The van der Waals surface area contributed by atoms with Gasteiger partial charge >= 0.3 is 5.97 Å². The summed E-state index contributed by atoms with van der Waals surface area (Å²) in [5.41, 5.74) is 0.767. The molecule has 1 aromatic carbocycles. The number of nitrogens with zero attached hydrogens (tertiary/aromatic N) is 1. The standard InChI is InChI=1S/C15H21NO5S/c1-11-6-13(15(17)18)9-16(8-11)22(19,20)14-5-3-4-12(7-14)10-21-2/h3-5,7,11,13H,6,8-10H2,1-2H3,(H,17,18). The molecule has 0 bridgehead atoms. The smallest absolute Gasteiger partial charge is 0.307 e. The van der Waals surface area contributed by atoms with Gasteiger partial charge in [-0.3, -0.25) is 4.79 Å². The molecule has 1 N–H and O–H groups in total. The van der Waals surface area contributed by atoms with Crippen molar-refractivity contribution < 1.29 is 23.1 Å². The minimum Gasteiger partial charge on any atom is -0.481 e. The van der Waals surface area contributed by atoms with E-state index in [1.807, 2.05) is 6.92 Å². The molecule has 1 fully saturated rings. The number of aliphatic carboxylic acids is 1. The van der Waals surface area contributed by atoms with Crippen molar-refractivity contribution in [3.8, 4) is 0 Å². The number of piperidine rings is 1. The number of rotatable bonds is 5. The van der Waals surface area contributed by atoms with Crippen molar-refractivity contribution in [2.24, 2.45) is 11.8 Å². The van der Waals surface area contributed by atoms with Crippen molar-refractivity contribution in [1.29, 1.82) is 0 Å². The average molecular weight is 327 g/mol. The molecule has 122 valence electrons. The number of hydrogen-bond acceptors (Lipinski definition) is 4. The number of sulfonamides is 1. The van der Waals surface area contributed by atoms with Crippen LogP contribution in [0.4, 0.5) is 0 Å². The Labute approximate surface area is 130 Å². The summed E-state index contributed by atoms with van der Waals surface area (Å²) in [4.78, 5) is 11.4. The van der Waals surface area contributed by atoms with Gasteiger partial charge in [-0.2, -0.15) is 4.31 Å². The molecule has 22 heavy (non-hydrogen) atoms. The van der Waals surface area contributed by atoms with Gasteiger partial charge in [0.05, 0.1) is 17.4 Å². The Balaban J connectivity index is 2.29. The molecule has 2 rings (SSSR count). The van der Waals surface area contributed by atoms with Crippen molar-refractivity contribution in [3.63, 3.8) is 0 Å². The van der Waals surface area contributed by atoms with E-state index in [1.165, 1.54) is 10.4 Å². The van der Waals surface area contributed by atoms with Gasteiger partial charge in [0.15, 0.2) is 0 Å². The monoisotopic (exact) mass is 327 g/mol. The summed E-state index contributed by atoms with van der Waals surface area (Å²) >= 11 is 0. The van der Waals surface area contributed by atoms with Gasteiger partial charge in [0.2, 0.25) is 10.0 Å². The molecule has 7 heteroatoms. The van der Waals surface area contributed by atoms with E-state index >= 15 is 0 Å². The second-order valence-corrected chi connectivity index (χ2v) is 7.72. The minimum atomic E-state index is -3.69. The first-order chi connectivity index (χ1) is 10.3. The molecular formula is C15H21NO5S. The first-order valence-electron chi connectivity index (χ1n) is 7.15. The van der Waals surface area contributed by atoms with E-state index in [2.05, 4.69) is 0 Å². The Bertz CT molecular complexity index is 643. The van der Waals surface area contributed by atoms with Crippen molar-refractivity contribution in [1.82, 2.24) is 4.31 Å². The van der Waals surface area contributed by atoms with Gasteiger partial charge in [-0.05, 0) is 30.0 Å². The van der Waals surface area contributed by atoms with Crippen LogP contribution in [0.3, 0.4) is 0 Å². The maximum absolute atomic E-state index is 12.7. The van der Waals surface area contributed by atoms with E-state index in [1.54, 1.807) is 25.3 Å². The molecule has 1 aliphatic heterocycles. The van der Waals surface area contributed by atoms with Gasteiger partial charge in [0.1, 0.15) is 0 Å². The van der Waals surface area contributed by atoms with Gasteiger partial charge < -0.3 is 9.84 Å². The molecule has 6 nitrogen and oxygen atoms in total. The molecule has 0 amide bonds. The molecule has 0 spiro atoms. The lowest BCUT2D eigenvalue weighted by atomic mass is 9.92. The summed E-state index contributed by atoms with van der Waals surface area (Å²) < 4.78 is 31.8. The fourth-order valence-corrected chi connectivity index (χ4v) is 4.47. The highest BCUT2D eigenvalue weighted by Gasteiger charge is 2.36. The number of hydrogen-bond donors (Lipinski definition) is 1. The number of methoxy groups -OCH3 is 1. The first-order valence-corrected chi connectivity index (χ1v) is 8.59. The van der Waals surface area contributed by atoms with Crippen LogP contribution in [-0.2, 0) is 26.2 Å². The highest BCUT2D eigenvalue weighted by Crippen LogP contribution is 2.27. The van der Waals surface area contributed by atoms with Crippen LogP contribution >= 0.6 is 0 Å². The molecule has 1 aliphatic rings. The lowest BCUT2D eigenvalue weighted by Gasteiger charge is -2.33. The fourth-order valence-electron chi connectivity index (χ4n) is 2.79. The molecule has 0 radical (unpaired) electrons. The molecule has 0 aromatic heterocycles. The highest BCUT2D eigenvalue weighted by atomic mass is 32.2. The molecule has 1 heterocycles. The van der Waals surface area contributed by atoms with Crippen molar-refractivity contribution in [2.45, 2.75) is 24.8 Å². The maximum atomic E-state index is 12.7. The predicted octanol–water partition coefficient (Wildman–Crippen LogP) is 1.56. The van der Waals surface area contributed by atoms with Gasteiger partial charge in [0.25, 0.3) is 0 Å². The second-order valence-electron chi connectivity index (χ2n) is 5.78. The van der Waals surface area contributed by atoms with Crippen LogP contribution in [0.5, 0.6) is 0 Å². The number of carbonyl (C=O) groups is 1. The van der Waals surface area contributed by atoms with Crippen LogP contribution in [0.2, 0.25) is 0 Å². The molecule has 0 saturated carbocycles. The van der Waals surface area contributed by atoms with Crippen molar-refractivity contribution >= 4 is 16.0 Å². The molecule has 2 unspecified atom stereocenters. The van der Waals surface area contributed by atoms with Crippen molar-refractivity contribution in [2.75, 3.05) is 20.2 Å². The Kier molecular flexibility index (Phi) is 5.20. The lowest BCUT2D eigenvalue weighted by molar-refractivity contribution is -0.143. The number of carboxylic acids is 1. The highest BCUT2D eigenvalue weighted by molar-refractivity contribution is 7.89. The van der Waals surface area contributed by atoms with Crippen LogP contribution in [-0.4, -0.2) is 44.0 Å². The Morgan fingerprint density at radius 3 is 2.77 bits per heavy atom. The molecule has 1 aromatic rings. The lowest BCUT2D eigenvalue weighted by Crippen LogP contribution is -2.45.